The molecule has 0 saturated carbocycles. The molecule has 1 nitrogen and oxygen atoms in total. The zero-order valence-corrected chi connectivity index (χ0v) is 12.3. The molecule has 0 aliphatic heterocycles. The van der Waals surface area contributed by atoms with Gasteiger partial charge in [-0.25, -0.2) is 0 Å². The lowest BCUT2D eigenvalue weighted by Crippen LogP contribution is -2.04. The zero-order valence-electron chi connectivity index (χ0n) is 9.91. The van der Waals surface area contributed by atoms with Gasteiger partial charge in [-0.05, 0) is 36.8 Å². The van der Waals surface area contributed by atoms with E-state index in [-0.39, 0.29) is 5.78 Å². The van der Waals surface area contributed by atoms with Crippen LogP contribution in [0.5, 0.6) is 0 Å². The Balaban J connectivity index is 2.24. The Bertz CT molecular complexity index is 593. The van der Waals surface area contributed by atoms with Crippen molar-refractivity contribution in [2.24, 2.45) is 0 Å². The van der Waals surface area contributed by atoms with Crippen molar-refractivity contribution >= 4 is 33.3 Å². The van der Waals surface area contributed by atoms with Gasteiger partial charge >= 0.3 is 0 Å². The molecule has 2 aromatic rings. The summed E-state index contributed by atoms with van der Waals surface area (Å²) in [6, 6.07) is 13.2. The van der Waals surface area contributed by atoms with Crippen LogP contribution in [0.15, 0.2) is 46.9 Å². The van der Waals surface area contributed by atoms with Crippen LogP contribution in [0.3, 0.4) is 0 Å². The third-order valence-electron chi connectivity index (χ3n) is 2.68. The number of rotatable bonds is 3. The molecule has 92 valence electrons. The van der Waals surface area contributed by atoms with Crippen LogP contribution in [0, 0.1) is 6.92 Å². The fraction of sp³-hybridized carbons (Fsp3) is 0.133. The van der Waals surface area contributed by atoms with Crippen LogP contribution < -0.4 is 0 Å². The average Bonchev–Trinajstić information content (AvgIpc) is 2.32. The van der Waals surface area contributed by atoms with Crippen molar-refractivity contribution in [1.82, 2.24) is 0 Å². The second-order valence-electron chi connectivity index (χ2n) is 4.21. The lowest BCUT2D eigenvalue weighted by atomic mass is 10.0. The average molecular weight is 324 g/mol. The van der Waals surface area contributed by atoms with E-state index in [0.717, 1.165) is 21.2 Å². The summed E-state index contributed by atoms with van der Waals surface area (Å²) in [6.07, 6.45) is 0.364. The molecule has 0 fully saturated rings. The first-order valence-corrected chi connectivity index (χ1v) is 6.77. The first-order valence-electron chi connectivity index (χ1n) is 5.60. The van der Waals surface area contributed by atoms with Gasteiger partial charge in [0.15, 0.2) is 5.78 Å². The van der Waals surface area contributed by atoms with Crippen molar-refractivity contribution in [3.05, 3.63) is 68.7 Å². The molecule has 0 aliphatic rings. The molecule has 0 radical (unpaired) electrons. The second-order valence-corrected chi connectivity index (χ2v) is 5.50. The summed E-state index contributed by atoms with van der Waals surface area (Å²) < 4.78 is 0.833. The SMILES string of the molecule is Cc1ccc(Br)c(C(=O)Cc2cccc(Cl)c2)c1. The molecule has 0 N–H and O–H groups in total. The van der Waals surface area contributed by atoms with Gasteiger partial charge in [-0.2, -0.15) is 0 Å². The molecule has 0 aromatic heterocycles. The number of benzene rings is 2. The Morgan fingerprint density at radius 1 is 1.22 bits per heavy atom. The van der Waals surface area contributed by atoms with Gasteiger partial charge in [0.25, 0.3) is 0 Å². The molecule has 2 rings (SSSR count). The lowest BCUT2D eigenvalue weighted by molar-refractivity contribution is 0.0992. The number of halogens is 2. The molecule has 0 saturated heterocycles. The first kappa shape index (κ1) is 13.3. The van der Waals surface area contributed by atoms with E-state index >= 15 is 0 Å². The van der Waals surface area contributed by atoms with Gasteiger partial charge in [0.1, 0.15) is 0 Å². The van der Waals surface area contributed by atoms with Crippen LogP contribution >= 0.6 is 27.5 Å². The molecule has 0 aliphatic carbocycles. The minimum atomic E-state index is 0.0906. The summed E-state index contributed by atoms with van der Waals surface area (Å²) in [5, 5.41) is 0.656. The predicted molar refractivity (Wildman–Crippen MR) is 78.4 cm³/mol. The van der Waals surface area contributed by atoms with Crippen LogP contribution in [-0.2, 0) is 6.42 Å². The Morgan fingerprint density at radius 2 is 2.00 bits per heavy atom. The van der Waals surface area contributed by atoms with Crippen molar-refractivity contribution in [3.63, 3.8) is 0 Å². The van der Waals surface area contributed by atoms with Crippen LogP contribution in [0.2, 0.25) is 5.02 Å². The summed E-state index contributed by atoms with van der Waals surface area (Å²) in [5.74, 6) is 0.0906. The molecule has 0 heterocycles. The number of carbonyl (C=O) groups excluding carboxylic acids is 1. The van der Waals surface area contributed by atoms with Gasteiger partial charge in [0, 0.05) is 21.5 Å². The van der Waals surface area contributed by atoms with E-state index in [1.807, 2.05) is 43.3 Å². The smallest absolute Gasteiger partial charge is 0.168 e. The molecule has 3 heteroatoms. The molecule has 18 heavy (non-hydrogen) atoms. The van der Waals surface area contributed by atoms with Gasteiger partial charge in [-0.3, -0.25) is 4.79 Å². The van der Waals surface area contributed by atoms with E-state index in [4.69, 9.17) is 11.6 Å². The number of aryl methyl sites for hydroxylation is 1. The molecule has 0 spiro atoms. The van der Waals surface area contributed by atoms with E-state index in [0.29, 0.717) is 11.4 Å². The van der Waals surface area contributed by atoms with Gasteiger partial charge in [-0.15, -0.1) is 0 Å². The van der Waals surface area contributed by atoms with E-state index in [9.17, 15) is 4.79 Å². The van der Waals surface area contributed by atoms with E-state index < -0.39 is 0 Å². The fourth-order valence-corrected chi connectivity index (χ4v) is 2.46. The highest BCUT2D eigenvalue weighted by Gasteiger charge is 2.11. The molecular formula is C15H12BrClO. The molecule has 0 amide bonds. The Morgan fingerprint density at radius 3 is 2.72 bits per heavy atom. The zero-order chi connectivity index (χ0) is 13.1. The topological polar surface area (TPSA) is 17.1 Å². The standard InChI is InChI=1S/C15H12BrClO/c1-10-5-6-14(16)13(7-10)15(18)9-11-3-2-4-12(17)8-11/h2-8H,9H2,1H3. The maximum Gasteiger partial charge on any atom is 0.168 e. The first-order chi connectivity index (χ1) is 8.56. The van der Waals surface area contributed by atoms with E-state index in [2.05, 4.69) is 15.9 Å². The van der Waals surface area contributed by atoms with Gasteiger partial charge in [0.05, 0.1) is 0 Å². The van der Waals surface area contributed by atoms with Crippen LogP contribution in [0.4, 0.5) is 0 Å². The molecule has 0 unspecified atom stereocenters. The quantitative estimate of drug-likeness (QED) is 0.739. The van der Waals surface area contributed by atoms with Crippen molar-refractivity contribution in [2.75, 3.05) is 0 Å². The van der Waals surface area contributed by atoms with Crippen LogP contribution in [0.25, 0.3) is 0 Å². The van der Waals surface area contributed by atoms with E-state index in [1.54, 1.807) is 6.07 Å². The summed E-state index contributed by atoms with van der Waals surface area (Å²) in [6.45, 7) is 1.97. The minimum Gasteiger partial charge on any atom is -0.294 e. The van der Waals surface area contributed by atoms with Gasteiger partial charge in [-0.1, -0.05) is 51.3 Å². The highest BCUT2D eigenvalue weighted by atomic mass is 79.9. The van der Waals surface area contributed by atoms with E-state index in [1.165, 1.54) is 0 Å². The third-order valence-corrected chi connectivity index (χ3v) is 3.60. The van der Waals surface area contributed by atoms with Crippen LogP contribution in [-0.4, -0.2) is 5.78 Å². The molecule has 0 atom stereocenters. The number of hydrogen-bond acceptors (Lipinski definition) is 1. The number of Topliss-reactive ketones (excluding diaryl/α,β-unsaturated/α-hetero) is 1. The summed E-state index contributed by atoms with van der Waals surface area (Å²) in [5.41, 5.74) is 2.73. The predicted octanol–water partition coefficient (Wildman–Crippen LogP) is 4.84. The normalized spacial score (nSPS) is 10.4. The second kappa shape index (κ2) is 5.68. The minimum absolute atomic E-state index is 0.0906. The molecule has 0 bridgehead atoms. The van der Waals surface area contributed by atoms with Crippen molar-refractivity contribution in [3.8, 4) is 0 Å². The Kier molecular flexibility index (Phi) is 4.20. The largest absolute Gasteiger partial charge is 0.294 e. The highest BCUT2D eigenvalue weighted by molar-refractivity contribution is 9.10. The lowest BCUT2D eigenvalue weighted by Gasteiger charge is -2.05. The molecular weight excluding hydrogens is 312 g/mol. The van der Waals surface area contributed by atoms with Crippen molar-refractivity contribution in [1.29, 1.82) is 0 Å². The number of hydrogen-bond donors (Lipinski definition) is 0. The maximum atomic E-state index is 12.2. The third kappa shape index (κ3) is 3.21. The van der Waals surface area contributed by atoms with Gasteiger partial charge in [0.2, 0.25) is 0 Å². The van der Waals surface area contributed by atoms with Crippen LogP contribution in [0.1, 0.15) is 21.5 Å². The Labute approximate surface area is 120 Å². The summed E-state index contributed by atoms with van der Waals surface area (Å²) in [7, 11) is 0. The maximum absolute atomic E-state index is 12.2. The van der Waals surface area contributed by atoms with Crippen molar-refractivity contribution < 1.29 is 4.79 Å². The fourth-order valence-electron chi connectivity index (χ4n) is 1.78. The monoisotopic (exact) mass is 322 g/mol. The van der Waals surface area contributed by atoms with Gasteiger partial charge < -0.3 is 0 Å². The molecule has 2 aromatic carbocycles. The highest BCUT2D eigenvalue weighted by Crippen LogP contribution is 2.21. The summed E-state index contributed by atoms with van der Waals surface area (Å²) >= 11 is 9.32. The summed E-state index contributed by atoms with van der Waals surface area (Å²) in [4.78, 5) is 12.2. The Hall–Kier alpha value is -1.12. The number of ketones is 1. The van der Waals surface area contributed by atoms with Crippen molar-refractivity contribution in [2.45, 2.75) is 13.3 Å². The number of carbonyl (C=O) groups is 1.